The summed E-state index contributed by atoms with van der Waals surface area (Å²) in [7, 11) is 3.81. The van der Waals surface area contributed by atoms with E-state index in [0.717, 1.165) is 12.1 Å². The van der Waals surface area contributed by atoms with E-state index in [4.69, 9.17) is 28.4 Å². The highest BCUT2D eigenvalue weighted by Crippen LogP contribution is 2.50. The van der Waals surface area contributed by atoms with Crippen LogP contribution in [-0.2, 0) is 14.2 Å². The van der Waals surface area contributed by atoms with Gasteiger partial charge in [-0.05, 0) is 18.2 Å². The van der Waals surface area contributed by atoms with Crippen molar-refractivity contribution >= 4 is 11.9 Å². The Kier molecular flexibility index (Phi) is 6.71. The van der Waals surface area contributed by atoms with Gasteiger partial charge in [0.15, 0.2) is 29.1 Å². The molecule has 5 atom stereocenters. The highest BCUT2D eigenvalue weighted by molar-refractivity contribution is 5.95. The van der Waals surface area contributed by atoms with Gasteiger partial charge in [-0.25, -0.2) is 9.59 Å². The van der Waals surface area contributed by atoms with E-state index in [1.165, 1.54) is 27.4 Å². The molecule has 0 saturated carbocycles. The Morgan fingerprint density at radius 2 is 1.61 bits per heavy atom. The number of phenolic OH excluding ortho intramolecular Hbond substituents is 3. The fraction of sp³-hybridized carbons (Fsp3) is 0.391. The molecule has 1 saturated heterocycles. The summed E-state index contributed by atoms with van der Waals surface area (Å²) in [4.78, 5) is 25.0. The standard InChI is InChI=1S/C23H24O13/c1-31-12-5-8(4-10(24)18(12)32-2)22(29)34-7-13-15(26)17(28)21-20(35-13)14-9(23(30)36-21)6-11(25)19(33-3)16(14)27/h4-6,13,15,17,20-21,24-28H,7H2,1-3H3/t13-,15-,17+,20+,21-/m1/s1. The predicted octanol–water partition coefficient (Wildman–Crippen LogP) is 0.387. The van der Waals surface area contributed by atoms with Gasteiger partial charge in [0.2, 0.25) is 11.5 Å². The van der Waals surface area contributed by atoms with Crippen LogP contribution in [0.5, 0.6) is 34.5 Å². The Morgan fingerprint density at radius 3 is 2.25 bits per heavy atom. The van der Waals surface area contributed by atoms with E-state index in [-0.39, 0.29) is 39.7 Å². The van der Waals surface area contributed by atoms with Crippen molar-refractivity contribution in [3.05, 3.63) is 34.9 Å². The molecule has 5 N–H and O–H groups in total. The van der Waals surface area contributed by atoms with Crippen LogP contribution >= 0.6 is 0 Å². The van der Waals surface area contributed by atoms with Gasteiger partial charge in [-0.1, -0.05) is 0 Å². The second-order valence-corrected chi connectivity index (χ2v) is 8.01. The third-order valence-electron chi connectivity index (χ3n) is 5.99. The van der Waals surface area contributed by atoms with Crippen LogP contribution in [0.3, 0.4) is 0 Å². The van der Waals surface area contributed by atoms with Gasteiger partial charge in [0.25, 0.3) is 0 Å². The number of fused-ring (bicyclic) bond motifs is 3. The van der Waals surface area contributed by atoms with Crippen molar-refractivity contribution in [3.8, 4) is 34.5 Å². The van der Waals surface area contributed by atoms with E-state index in [2.05, 4.69) is 0 Å². The molecule has 13 heteroatoms. The maximum Gasteiger partial charge on any atom is 0.339 e. The predicted molar refractivity (Wildman–Crippen MR) is 117 cm³/mol. The molecule has 36 heavy (non-hydrogen) atoms. The highest BCUT2D eigenvalue weighted by Gasteiger charge is 2.52. The van der Waals surface area contributed by atoms with E-state index >= 15 is 0 Å². The molecule has 2 aliphatic rings. The SMILES string of the molecule is COc1cc(C(=O)OC[C@H]2O[C@H]3c4c(cc(O)c(OC)c4O)C(=O)O[C@@H]3[C@@H](O)[C@@H]2O)cc(O)c1OC. The van der Waals surface area contributed by atoms with Gasteiger partial charge < -0.3 is 54.0 Å². The number of methoxy groups -OCH3 is 3. The molecule has 2 aliphatic heterocycles. The lowest BCUT2D eigenvalue weighted by atomic mass is 9.86. The number of hydrogen-bond donors (Lipinski definition) is 5. The molecule has 0 amide bonds. The van der Waals surface area contributed by atoms with Gasteiger partial charge in [0.1, 0.15) is 31.0 Å². The van der Waals surface area contributed by atoms with Crippen molar-refractivity contribution in [2.75, 3.05) is 27.9 Å². The van der Waals surface area contributed by atoms with Crippen LogP contribution in [-0.4, -0.2) is 89.8 Å². The van der Waals surface area contributed by atoms with Crippen LogP contribution < -0.4 is 14.2 Å². The monoisotopic (exact) mass is 508 g/mol. The van der Waals surface area contributed by atoms with Crippen LogP contribution in [0.2, 0.25) is 0 Å². The third kappa shape index (κ3) is 4.06. The highest BCUT2D eigenvalue weighted by atomic mass is 16.6. The quantitative estimate of drug-likeness (QED) is 0.337. The number of ether oxygens (including phenoxy) is 6. The summed E-state index contributed by atoms with van der Waals surface area (Å²) in [6, 6.07) is 3.39. The molecule has 2 aromatic rings. The third-order valence-corrected chi connectivity index (χ3v) is 5.99. The fourth-order valence-electron chi connectivity index (χ4n) is 4.24. The fourth-order valence-corrected chi connectivity index (χ4v) is 4.24. The van der Waals surface area contributed by atoms with Crippen LogP contribution in [0.25, 0.3) is 0 Å². The zero-order chi connectivity index (χ0) is 26.3. The molecule has 0 bridgehead atoms. The van der Waals surface area contributed by atoms with E-state index in [1.807, 2.05) is 0 Å². The summed E-state index contributed by atoms with van der Waals surface area (Å²) in [5.41, 5.74) is -0.450. The first kappa shape index (κ1) is 25.2. The number of carbonyl (C=O) groups excluding carboxylic acids is 2. The minimum Gasteiger partial charge on any atom is -0.504 e. The summed E-state index contributed by atoms with van der Waals surface area (Å²) in [5, 5.41) is 51.9. The van der Waals surface area contributed by atoms with Crippen molar-refractivity contribution in [1.82, 2.24) is 0 Å². The number of carbonyl (C=O) groups is 2. The molecular formula is C23H24O13. The van der Waals surface area contributed by atoms with E-state index < -0.39 is 60.6 Å². The van der Waals surface area contributed by atoms with Crippen LogP contribution in [0.1, 0.15) is 32.4 Å². The Labute approximate surface area is 203 Å². The minimum atomic E-state index is -1.67. The van der Waals surface area contributed by atoms with E-state index in [1.54, 1.807) is 0 Å². The first-order chi connectivity index (χ1) is 17.1. The minimum absolute atomic E-state index is 0.0148. The summed E-state index contributed by atoms with van der Waals surface area (Å²) in [6.07, 6.45) is -7.33. The number of aromatic hydroxyl groups is 3. The Bertz CT molecular complexity index is 1190. The molecule has 2 aromatic carbocycles. The summed E-state index contributed by atoms with van der Waals surface area (Å²) in [5.74, 6) is -3.63. The first-order valence-corrected chi connectivity index (χ1v) is 10.6. The largest absolute Gasteiger partial charge is 0.504 e. The normalized spacial score (nSPS) is 24.7. The topological polar surface area (TPSA) is 191 Å². The number of hydrogen-bond acceptors (Lipinski definition) is 13. The van der Waals surface area contributed by atoms with Crippen LogP contribution in [0.15, 0.2) is 18.2 Å². The Balaban J connectivity index is 1.59. The lowest BCUT2D eigenvalue weighted by molar-refractivity contribution is -0.235. The molecular weight excluding hydrogens is 484 g/mol. The second-order valence-electron chi connectivity index (χ2n) is 8.01. The van der Waals surface area contributed by atoms with Gasteiger partial charge in [-0.3, -0.25) is 0 Å². The molecule has 194 valence electrons. The molecule has 4 rings (SSSR count). The molecule has 1 fully saturated rings. The zero-order valence-corrected chi connectivity index (χ0v) is 19.3. The van der Waals surface area contributed by atoms with E-state index in [0.29, 0.717) is 0 Å². The molecule has 0 aliphatic carbocycles. The van der Waals surface area contributed by atoms with Gasteiger partial charge in [0, 0.05) is 5.56 Å². The lowest BCUT2D eigenvalue weighted by Gasteiger charge is -2.44. The Hall–Kier alpha value is -3.94. The van der Waals surface area contributed by atoms with Crippen LogP contribution in [0.4, 0.5) is 0 Å². The molecule has 0 radical (unpaired) electrons. The van der Waals surface area contributed by atoms with Crippen molar-refractivity contribution in [2.45, 2.75) is 30.5 Å². The first-order valence-electron chi connectivity index (χ1n) is 10.6. The molecule has 13 nitrogen and oxygen atoms in total. The number of aliphatic hydroxyl groups is 2. The average Bonchev–Trinajstić information content (AvgIpc) is 2.85. The zero-order valence-electron chi connectivity index (χ0n) is 19.3. The smallest absolute Gasteiger partial charge is 0.339 e. The van der Waals surface area contributed by atoms with Gasteiger partial charge in [-0.2, -0.15) is 0 Å². The molecule has 0 aromatic heterocycles. The number of aliphatic hydroxyl groups excluding tert-OH is 2. The number of phenols is 3. The number of rotatable bonds is 6. The van der Waals surface area contributed by atoms with Crippen molar-refractivity contribution < 1.29 is 63.5 Å². The lowest BCUT2D eigenvalue weighted by Crippen LogP contribution is -2.58. The van der Waals surface area contributed by atoms with E-state index in [9.17, 15) is 35.1 Å². The van der Waals surface area contributed by atoms with Gasteiger partial charge in [-0.15, -0.1) is 0 Å². The van der Waals surface area contributed by atoms with Crippen molar-refractivity contribution in [3.63, 3.8) is 0 Å². The average molecular weight is 508 g/mol. The summed E-state index contributed by atoms with van der Waals surface area (Å²) >= 11 is 0. The van der Waals surface area contributed by atoms with Gasteiger partial charge in [0.05, 0.1) is 32.5 Å². The number of benzene rings is 2. The second kappa shape index (κ2) is 9.60. The van der Waals surface area contributed by atoms with Gasteiger partial charge >= 0.3 is 11.9 Å². The molecule has 0 unspecified atom stereocenters. The van der Waals surface area contributed by atoms with Crippen molar-refractivity contribution in [1.29, 1.82) is 0 Å². The van der Waals surface area contributed by atoms with Crippen LogP contribution in [0, 0.1) is 0 Å². The number of esters is 2. The maximum absolute atomic E-state index is 12.6. The molecule has 2 heterocycles. The maximum atomic E-state index is 12.6. The Morgan fingerprint density at radius 1 is 0.944 bits per heavy atom. The summed E-state index contributed by atoms with van der Waals surface area (Å²) < 4.78 is 31.3. The molecule has 0 spiro atoms. The van der Waals surface area contributed by atoms with Crippen molar-refractivity contribution in [2.24, 2.45) is 0 Å². The summed E-state index contributed by atoms with van der Waals surface area (Å²) in [6.45, 7) is -0.561.